The average Bonchev–Trinajstić information content (AvgIpc) is 3.66. The summed E-state index contributed by atoms with van der Waals surface area (Å²) in [7, 11) is 0. The highest BCUT2D eigenvalue weighted by molar-refractivity contribution is 5.69. The first-order valence-electron chi connectivity index (χ1n) is 13.8. The van der Waals surface area contributed by atoms with Gasteiger partial charge in [-0.3, -0.25) is 4.40 Å². The third-order valence-corrected chi connectivity index (χ3v) is 7.12. The zero-order valence-electron chi connectivity index (χ0n) is 24.6. The van der Waals surface area contributed by atoms with Crippen molar-refractivity contribution in [2.45, 2.75) is 85.1 Å². The van der Waals surface area contributed by atoms with Gasteiger partial charge in [0, 0.05) is 30.8 Å². The Morgan fingerprint density at radius 1 is 1.12 bits per heavy atom. The van der Waals surface area contributed by atoms with E-state index in [4.69, 9.17) is 9.47 Å². The lowest BCUT2D eigenvalue weighted by molar-refractivity contribution is 0.0183. The molecule has 0 spiro atoms. The molecule has 1 saturated heterocycles. The van der Waals surface area contributed by atoms with Crippen LogP contribution in [-0.4, -0.2) is 69.1 Å². The summed E-state index contributed by atoms with van der Waals surface area (Å²) in [5.41, 5.74) is 3.44. The Labute approximate surface area is 238 Å². The van der Waals surface area contributed by atoms with Crippen molar-refractivity contribution in [1.29, 1.82) is 5.26 Å². The molecule has 0 aliphatic carbocycles. The standard InChI is InChI=1S/C28H36N10O3/c1-17(2)36-16-23(31-33-36)19(4)40-25-13-20(12-24-30-15-22(14-29)37(24)25)26-18(3)38(34-32-26)21-8-10-35(11-9-21)27(39)41-28(5,6)7/h12-13,15-17,19,21H,8-11H2,1-7H3. The zero-order valence-corrected chi connectivity index (χ0v) is 24.6. The highest BCUT2D eigenvalue weighted by Crippen LogP contribution is 2.33. The maximum Gasteiger partial charge on any atom is 0.410 e. The van der Waals surface area contributed by atoms with Gasteiger partial charge in [-0.25, -0.2) is 19.1 Å². The van der Waals surface area contributed by atoms with Crippen LogP contribution in [0.25, 0.3) is 16.9 Å². The van der Waals surface area contributed by atoms with Crippen LogP contribution in [0.1, 0.15) is 89.7 Å². The molecule has 216 valence electrons. The van der Waals surface area contributed by atoms with Crippen LogP contribution in [0.15, 0.2) is 24.5 Å². The summed E-state index contributed by atoms with van der Waals surface area (Å²) < 4.78 is 17.3. The van der Waals surface area contributed by atoms with Crippen molar-refractivity contribution < 1.29 is 14.3 Å². The van der Waals surface area contributed by atoms with Crippen molar-refractivity contribution >= 4 is 11.7 Å². The number of piperidine rings is 1. The summed E-state index contributed by atoms with van der Waals surface area (Å²) in [6, 6.07) is 6.19. The molecule has 0 aromatic carbocycles. The second-order valence-corrected chi connectivity index (χ2v) is 11.7. The fourth-order valence-corrected chi connectivity index (χ4v) is 4.92. The lowest BCUT2D eigenvalue weighted by Gasteiger charge is -2.33. The molecule has 1 amide bonds. The third-order valence-electron chi connectivity index (χ3n) is 7.12. The largest absolute Gasteiger partial charge is 0.469 e. The van der Waals surface area contributed by atoms with Gasteiger partial charge in [0.1, 0.15) is 40.5 Å². The fraction of sp³-hybridized carbons (Fsp3) is 0.536. The molecule has 13 heteroatoms. The van der Waals surface area contributed by atoms with Crippen LogP contribution in [0, 0.1) is 18.3 Å². The number of fused-ring (bicyclic) bond motifs is 1. The molecule has 0 bridgehead atoms. The van der Waals surface area contributed by atoms with E-state index in [-0.39, 0.29) is 18.2 Å². The fourth-order valence-electron chi connectivity index (χ4n) is 4.92. The van der Waals surface area contributed by atoms with Crippen LogP contribution in [-0.2, 0) is 4.74 Å². The number of aromatic nitrogens is 8. The Kier molecular flexibility index (Phi) is 7.42. The summed E-state index contributed by atoms with van der Waals surface area (Å²) in [5.74, 6) is 0.442. The smallest absolute Gasteiger partial charge is 0.410 e. The van der Waals surface area contributed by atoms with Gasteiger partial charge < -0.3 is 14.4 Å². The van der Waals surface area contributed by atoms with Gasteiger partial charge >= 0.3 is 6.09 Å². The summed E-state index contributed by atoms with van der Waals surface area (Å²) in [4.78, 5) is 18.7. The SMILES string of the molecule is Cc1c(-c2cc(OC(C)c3cn(C(C)C)nn3)n3c(C#N)cnc3c2)nnn1C1CCN(C(=O)OC(C)(C)C)CC1. The molecule has 1 fully saturated rings. The minimum atomic E-state index is -0.526. The Morgan fingerprint density at radius 3 is 2.49 bits per heavy atom. The number of imidazole rings is 1. The second kappa shape index (κ2) is 10.8. The van der Waals surface area contributed by atoms with Gasteiger partial charge in [-0.15, -0.1) is 10.2 Å². The third kappa shape index (κ3) is 5.73. The maximum atomic E-state index is 12.5. The molecule has 0 saturated carbocycles. The monoisotopic (exact) mass is 560 g/mol. The number of hydrogen-bond donors (Lipinski definition) is 0. The number of nitrogens with zero attached hydrogens (tertiary/aromatic N) is 10. The predicted octanol–water partition coefficient (Wildman–Crippen LogP) is 4.66. The number of carbonyl (C=O) groups is 1. The summed E-state index contributed by atoms with van der Waals surface area (Å²) in [6.07, 6.45) is 4.16. The first kappa shape index (κ1) is 28.1. The number of rotatable bonds is 6. The molecule has 1 atom stereocenters. The van der Waals surface area contributed by atoms with Gasteiger partial charge in [0.25, 0.3) is 0 Å². The summed E-state index contributed by atoms with van der Waals surface area (Å²) in [5, 5.41) is 27.2. The van der Waals surface area contributed by atoms with Gasteiger partial charge in [-0.05, 0) is 67.4 Å². The number of nitriles is 1. The Hall–Kier alpha value is -4.47. The predicted molar refractivity (Wildman–Crippen MR) is 149 cm³/mol. The van der Waals surface area contributed by atoms with Crippen LogP contribution < -0.4 is 4.74 Å². The quantitative estimate of drug-likeness (QED) is 0.329. The highest BCUT2D eigenvalue weighted by atomic mass is 16.6. The van der Waals surface area contributed by atoms with Crippen LogP contribution >= 0.6 is 0 Å². The number of ether oxygens (including phenoxy) is 2. The molecular formula is C28H36N10O3. The van der Waals surface area contributed by atoms with Crippen molar-refractivity contribution in [1.82, 2.24) is 44.3 Å². The molecule has 4 aromatic rings. The summed E-state index contributed by atoms with van der Waals surface area (Å²) >= 11 is 0. The van der Waals surface area contributed by atoms with Crippen LogP contribution in [0.4, 0.5) is 4.79 Å². The van der Waals surface area contributed by atoms with Gasteiger partial charge in [-0.1, -0.05) is 10.4 Å². The number of amides is 1. The minimum Gasteiger partial charge on any atom is -0.469 e. The average molecular weight is 561 g/mol. The normalized spacial score (nSPS) is 15.3. The van der Waals surface area contributed by atoms with E-state index in [0.29, 0.717) is 41.7 Å². The van der Waals surface area contributed by atoms with Gasteiger partial charge in [0.15, 0.2) is 0 Å². The van der Waals surface area contributed by atoms with E-state index in [0.717, 1.165) is 24.1 Å². The van der Waals surface area contributed by atoms with Crippen molar-refractivity contribution in [3.63, 3.8) is 0 Å². The van der Waals surface area contributed by atoms with Crippen molar-refractivity contribution in [2.75, 3.05) is 13.1 Å². The van der Waals surface area contributed by atoms with E-state index in [1.165, 1.54) is 6.20 Å². The Bertz CT molecular complexity index is 1600. The molecule has 0 N–H and O–H groups in total. The van der Waals surface area contributed by atoms with Gasteiger partial charge in [-0.2, -0.15) is 5.26 Å². The lowest BCUT2D eigenvalue weighted by Crippen LogP contribution is -2.42. The minimum absolute atomic E-state index is 0.106. The van der Waals surface area contributed by atoms with E-state index < -0.39 is 11.7 Å². The zero-order chi connectivity index (χ0) is 29.5. The lowest BCUT2D eigenvalue weighted by atomic mass is 10.0. The van der Waals surface area contributed by atoms with E-state index in [1.54, 1.807) is 14.0 Å². The van der Waals surface area contributed by atoms with Crippen LogP contribution in [0.3, 0.4) is 0 Å². The topological polar surface area (TPSA) is 141 Å². The number of likely N-dealkylation sites (tertiary alicyclic amines) is 1. The molecule has 5 rings (SSSR count). The second-order valence-electron chi connectivity index (χ2n) is 11.7. The van der Waals surface area contributed by atoms with Gasteiger partial charge in [0.05, 0.1) is 24.1 Å². The van der Waals surface area contributed by atoms with Crippen molar-refractivity contribution in [3.8, 4) is 23.2 Å². The molecule has 0 radical (unpaired) electrons. The summed E-state index contributed by atoms with van der Waals surface area (Å²) in [6.45, 7) is 14.7. The van der Waals surface area contributed by atoms with Crippen LogP contribution in [0.2, 0.25) is 0 Å². The highest BCUT2D eigenvalue weighted by Gasteiger charge is 2.29. The first-order valence-corrected chi connectivity index (χ1v) is 13.8. The molecule has 41 heavy (non-hydrogen) atoms. The number of pyridine rings is 1. The van der Waals surface area contributed by atoms with E-state index >= 15 is 0 Å². The molecule has 4 aromatic heterocycles. The molecule has 5 heterocycles. The number of carbonyl (C=O) groups excluding carboxylic acids is 1. The molecule has 1 unspecified atom stereocenters. The van der Waals surface area contributed by atoms with Crippen molar-refractivity contribution in [2.24, 2.45) is 0 Å². The molecule has 1 aliphatic heterocycles. The van der Waals surface area contributed by atoms with Crippen LogP contribution in [0.5, 0.6) is 5.88 Å². The molecular weight excluding hydrogens is 524 g/mol. The van der Waals surface area contributed by atoms with Crippen molar-refractivity contribution in [3.05, 3.63) is 41.6 Å². The number of hydrogen-bond acceptors (Lipinski definition) is 9. The molecule has 1 aliphatic rings. The Balaban J connectivity index is 1.40. The van der Waals surface area contributed by atoms with Gasteiger partial charge in [0.2, 0.25) is 5.88 Å². The van der Waals surface area contributed by atoms with E-state index in [9.17, 15) is 10.1 Å². The van der Waals surface area contributed by atoms with E-state index in [1.807, 2.05) is 71.5 Å². The van der Waals surface area contributed by atoms with E-state index in [2.05, 4.69) is 31.7 Å². The maximum absolute atomic E-state index is 12.5. The first-order chi connectivity index (χ1) is 19.4. The Morgan fingerprint density at radius 2 is 1.85 bits per heavy atom. The molecule has 13 nitrogen and oxygen atoms in total.